The molecule has 1 saturated heterocycles. The lowest BCUT2D eigenvalue weighted by atomic mass is 9.85. The zero-order chi connectivity index (χ0) is 8.67. The van der Waals surface area contributed by atoms with Gasteiger partial charge in [0.1, 0.15) is 6.26 Å². The smallest absolute Gasteiger partial charge is 0.197 e. The third-order valence-corrected chi connectivity index (χ3v) is 3.19. The quantitative estimate of drug-likeness (QED) is 0.748. The molecule has 0 spiro atoms. The Labute approximate surface area is 77.5 Å². The molecule has 3 rings (SSSR count). The van der Waals surface area contributed by atoms with E-state index in [4.69, 9.17) is 4.42 Å². The highest BCUT2D eigenvalue weighted by Crippen LogP contribution is 2.36. The van der Waals surface area contributed by atoms with Gasteiger partial charge in [0.15, 0.2) is 5.89 Å². The first-order chi connectivity index (χ1) is 6.43. The first-order valence-electron chi connectivity index (χ1n) is 5.09. The van der Waals surface area contributed by atoms with Crippen molar-refractivity contribution in [3.63, 3.8) is 0 Å². The van der Waals surface area contributed by atoms with E-state index in [1.807, 2.05) is 6.26 Å². The van der Waals surface area contributed by atoms with Crippen molar-refractivity contribution in [2.75, 3.05) is 13.1 Å². The Kier molecular flexibility index (Phi) is 1.65. The molecule has 3 heteroatoms. The van der Waals surface area contributed by atoms with Crippen LogP contribution in [0, 0.1) is 0 Å². The maximum absolute atomic E-state index is 5.49. The Bertz CT molecular complexity index is 271. The summed E-state index contributed by atoms with van der Waals surface area (Å²) in [5.41, 5.74) is 1.15. The van der Waals surface area contributed by atoms with Crippen molar-refractivity contribution in [3.8, 4) is 0 Å². The number of nitrogens with zero attached hydrogens (tertiary/aromatic N) is 1. The molecule has 1 aromatic heterocycles. The lowest BCUT2D eigenvalue weighted by Crippen LogP contribution is -2.40. The Hall–Kier alpha value is -0.830. The fourth-order valence-corrected chi connectivity index (χ4v) is 1.83. The Morgan fingerprint density at radius 2 is 2.15 bits per heavy atom. The fourth-order valence-electron chi connectivity index (χ4n) is 1.83. The molecule has 1 N–H and O–H groups in total. The second kappa shape index (κ2) is 2.84. The van der Waals surface area contributed by atoms with Crippen LogP contribution in [0.5, 0.6) is 0 Å². The van der Waals surface area contributed by atoms with E-state index in [1.54, 1.807) is 0 Å². The average Bonchev–Trinajstić information content (AvgIpc) is 2.29. The highest BCUT2D eigenvalue weighted by molar-refractivity contribution is 5.12. The topological polar surface area (TPSA) is 38.1 Å². The summed E-state index contributed by atoms with van der Waals surface area (Å²) in [5, 5.41) is 3.24. The monoisotopic (exact) mass is 178 g/mol. The first-order valence-corrected chi connectivity index (χ1v) is 5.09. The van der Waals surface area contributed by atoms with Crippen molar-refractivity contribution in [2.24, 2.45) is 0 Å². The molecule has 0 bridgehead atoms. The van der Waals surface area contributed by atoms with Gasteiger partial charge in [0.05, 0.1) is 5.69 Å². The normalized spacial score (nSPS) is 24.0. The molecule has 2 fully saturated rings. The summed E-state index contributed by atoms with van der Waals surface area (Å²) in [6.45, 7) is 2.13. The average molecular weight is 178 g/mol. The van der Waals surface area contributed by atoms with Crippen LogP contribution >= 0.6 is 0 Å². The van der Waals surface area contributed by atoms with Crippen molar-refractivity contribution in [1.29, 1.82) is 0 Å². The van der Waals surface area contributed by atoms with Crippen molar-refractivity contribution in [1.82, 2.24) is 10.3 Å². The molecule has 1 saturated carbocycles. The van der Waals surface area contributed by atoms with Crippen LogP contribution < -0.4 is 5.32 Å². The van der Waals surface area contributed by atoms with E-state index >= 15 is 0 Å². The molecule has 0 amide bonds. The SMILES string of the molecule is c1oc(C2CCC2)nc1C1CNC1. The van der Waals surface area contributed by atoms with Gasteiger partial charge in [-0.3, -0.25) is 0 Å². The van der Waals surface area contributed by atoms with E-state index in [0.29, 0.717) is 11.8 Å². The largest absolute Gasteiger partial charge is 0.448 e. The van der Waals surface area contributed by atoms with Crippen molar-refractivity contribution in [2.45, 2.75) is 31.1 Å². The van der Waals surface area contributed by atoms with Gasteiger partial charge in [-0.05, 0) is 12.8 Å². The molecule has 0 unspecified atom stereocenters. The van der Waals surface area contributed by atoms with E-state index < -0.39 is 0 Å². The van der Waals surface area contributed by atoms with Gasteiger partial charge in [0, 0.05) is 24.9 Å². The number of hydrogen-bond acceptors (Lipinski definition) is 3. The minimum absolute atomic E-state index is 0.609. The fraction of sp³-hybridized carbons (Fsp3) is 0.700. The molecule has 2 aliphatic rings. The molecule has 0 radical (unpaired) electrons. The number of aromatic nitrogens is 1. The van der Waals surface area contributed by atoms with Crippen LogP contribution in [-0.4, -0.2) is 18.1 Å². The van der Waals surface area contributed by atoms with E-state index in [1.165, 1.54) is 19.3 Å². The van der Waals surface area contributed by atoms with Gasteiger partial charge in [0.2, 0.25) is 0 Å². The van der Waals surface area contributed by atoms with Gasteiger partial charge >= 0.3 is 0 Å². The number of rotatable bonds is 2. The summed E-state index contributed by atoms with van der Waals surface area (Å²) in [6.07, 6.45) is 5.72. The zero-order valence-corrected chi connectivity index (χ0v) is 7.62. The first kappa shape index (κ1) is 7.56. The van der Waals surface area contributed by atoms with E-state index in [0.717, 1.165) is 24.7 Å². The summed E-state index contributed by atoms with van der Waals surface area (Å²) in [5.74, 6) is 2.22. The molecule has 0 atom stereocenters. The van der Waals surface area contributed by atoms with Crippen LogP contribution in [0.4, 0.5) is 0 Å². The molecule has 3 nitrogen and oxygen atoms in total. The maximum Gasteiger partial charge on any atom is 0.197 e. The van der Waals surface area contributed by atoms with Crippen LogP contribution in [0.3, 0.4) is 0 Å². The van der Waals surface area contributed by atoms with Crippen LogP contribution in [-0.2, 0) is 0 Å². The van der Waals surface area contributed by atoms with Crippen molar-refractivity contribution < 1.29 is 4.42 Å². The van der Waals surface area contributed by atoms with Gasteiger partial charge in [0.25, 0.3) is 0 Å². The number of oxazole rings is 1. The molecule has 0 aromatic carbocycles. The minimum atomic E-state index is 0.609. The summed E-state index contributed by atoms with van der Waals surface area (Å²) in [6, 6.07) is 0. The highest BCUT2D eigenvalue weighted by Gasteiger charge is 2.27. The lowest BCUT2D eigenvalue weighted by molar-refractivity contribution is 0.335. The predicted octanol–water partition coefficient (Wildman–Crippen LogP) is 1.63. The second-order valence-corrected chi connectivity index (χ2v) is 4.09. The van der Waals surface area contributed by atoms with Gasteiger partial charge in [-0.15, -0.1) is 0 Å². The van der Waals surface area contributed by atoms with Gasteiger partial charge in [-0.25, -0.2) is 4.98 Å². The molecular formula is C10H14N2O. The molecule has 1 aromatic rings. The highest BCUT2D eigenvalue weighted by atomic mass is 16.3. The van der Waals surface area contributed by atoms with Crippen molar-refractivity contribution >= 4 is 0 Å². The Balaban J connectivity index is 1.76. The molecule has 2 heterocycles. The van der Waals surface area contributed by atoms with Crippen LogP contribution in [0.15, 0.2) is 10.7 Å². The van der Waals surface area contributed by atoms with Gasteiger partial charge in [-0.2, -0.15) is 0 Å². The van der Waals surface area contributed by atoms with Gasteiger partial charge in [-0.1, -0.05) is 6.42 Å². The summed E-state index contributed by atoms with van der Waals surface area (Å²) in [4.78, 5) is 4.55. The maximum atomic E-state index is 5.49. The molecule has 1 aliphatic heterocycles. The summed E-state index contributed by atoms with van der Waals surface area (Å²) >= 11 is 0. The van der Waals surface area contributed by atoms with Gasteiger partial charge < -0.3 is 9.73 Å². The van der Waals surface area contributed by atoms with Crippen molar-refractivity contribution in [3.05, 3.63) is 17.8 Å². The van der Waals surface area contributed by atoms with E-state index in [2.05, 4.69) is 10.3 Å². The van der Waals surface area contributed by atoms with Crippen LogP contribution in [0.2, 0.25) is 0 Å². The lowest BCUT2D eigenvalue weighted by Gasteiger charge is -2.25. The molecule has 70 valence electrons. The number of nitrogens with one attached hydrogen (secondary N) is 1. The second-order valence-electron chi connectivity index (χ2n) is 4.09. The molecule has 13 heavy (non-hydrogen) atoms. The summed E-state index contributed by atoms with van der Waals surface area (Å²) in [7, 11) is 0. The van der Waals surface area contributed by atoms with Crippen LogP contribution in [0.25, 0.3) is 0 Å². The zero-order valence-electron chi connectivity index (χ0n) is 7.62. The van der Waals surface area contributed by atoms with E-state index in [-0.39, 0.29) is 0 Å². The third kappa shape index (κ3) is 1.18. The molecular weight excluding hydrogens is 164 g/mol. The van der Waals surface area contributed by atoms with E-state index in [9.17, 15) is 0 Å². The summed E-state index contributed by atoms with van der Waals surface area (Å²) < 4.78 is 5.49. The minimum Gasteiger partial charge on any atom is -0.448 e. The Morgan fingerprint density at radius 1 is 1.31 bits per heavy atom. The Morgan fingerprint density at radius 3 is 2.69 bits per heavy atom. The number of hydrogen-bond donors (Lipinski definition) is 1. The third-order valence-electron chi connectivity index (χ3n) is 3.19. The molecule has 1 aliphatic carbocycles. The van der Waals surface area contributed by atoms with Crippen LogP contribution in [0.1, 0.15) is 42.7 Å². The predicted molar refractivity (Wildman–Crippen MR) is 48.7 cm³/mol. The standard InChI is InChI=1S/C10H14N2O/c1-2-7(3-1)10-12-9(6-13-10)8-4-11-5-8/h6-8,11H,1-5H2.